The first kappa shape index (κ1) is 20.6. The fourth-order valence-corrected chi connectivity index (χ4v) is 5.09. The minimum Gasteiger partial charge on any atom is -0.379 e. The van der Waals surface area contributed by atoms with Gasteiger partial charge in [0.2, 0.25) is 11.8 Å². The van der Waals surface area contributed by atoms with E-state index in [9.17, 15) is 19.7 Å². The Morgan fingerprint density at radius 1 is 1.17 bits per heavy atom. The van der Waals surface area contributed by atoms with Crippen molar-refractivity contribution in [3.63, 3.8) is 0 Å². The second kappa shape index (κ2) is 8.58. The summed E-state index contributed by atoms with van der Waals surface area (Å²) in [7, 11) is 0. The monoisotopic (exact) mass is 411 g/mol. The lowest BCUT2D eigenvalue weighted by Gasteiger charge is -2.25. The van der Waals surface area contributed by atoms with Crippen molar-refractivity contribution in [1.29, 1.82) is 0 Å². The molecule has 2 aliphatic carbocycles. The molecule has 1 aromatic carbocycles. The zero-order chi connectivity index (χ0) is 21.3. The Kier molecular flexibility index (Phi) is 5.88. The van der Waals surface area contributed by atoms with Gasteiger partial charge in [-0.15, -0.1) is 0 Å². The molecule has 1 heterocycles. The molecule has 3 atom stereocenters. The lowest BCUT2D eigenvalue weighted by atomic mass is 9.76. The second-order valence-corrected chi connectivity index (χ2v) is 8.89. The first-order chi connectivity index (χ1) is 14.5. The van der Waals surface area contributed by atoms with Crippen LogP contribution in [0.1, 0.15) is 58.3 Å². The number of imide groups is 1. The van der Waals surface area contributed by atoms with Crippen LogP contribution in [0.3, 0.4) is 0 Å². The van der Waals surface area contributed by atoms with Crippen LogP contribution in [0.15, 0.2) is 29.8 Å². The van der Waals surface area contributed by atoms with Crippen LogP contribution < -0.4 is 10.2 Å². The van der Waals surface area contributed by atoms with Crippen molar-refractivity contribution in [3.05, 3.63) is 40.0 Å². The number of nitro groups is 1. The van der Waals surface area contributed by atoms with Gasteiger partial charge < -0.3 is 5.32 Å². The summed E-state index contributed by atoms with van der Waals surface area (Å²) in [6, 6.07) is 4.62. The van der Waals surface area contributed by atoms with Gasteiger partial charge in [-0.2, -0.15) is 0 Å². The predicted molar refractivity (Wildman–Crippen MR) is 115 cm³/mol. The molecular weight excluding hydrogens is 382 g/mol. The van der Waals surface area contributed by atoms with Crippen LogP contribution in [0.4, 0.5) is 17.1 Å². The van der Waals surface area contributed by atoms with E-state index in [4.69, 9.17) is 0 Å². The molecule has 1 saturated carbocycles. The highest BCUT2D eigenvalue weighted by molar-refractivity contribution is 6.22. The number of nitro benzene ring substituents is 1. The normalized spacial score (nSPS) is 26.4. The number of fused-ring (bicyclic) bond motifs is 1. The molecular formula is C23H29N3O4. The molecule has 3 aliphatic rings. The Bertz CT molecular complexity index is 894. The largest absolute Gasteiger partial charge is 0.379 e. The Hall–Kier alpha value is -2.70. The molecule has 1 aliphatic heterocycles. The van der Waals surface area contributed by atoms with Gasteiger partial charge in [-0.05, 0) is 69.4 Å². The molecule has 0 unspecified atom stereocenters. The molecule has 0 aromatic heterocycles. The maximum absolute atomic E-state index is 12.9. The minimum absolute atomic E-state index is 0.103. The number of anilines is 2. The number of carbonyl (C=O) groups excluding carboxylic acids is 2. The maximum Gasteiger partial charge on any atom is 0.294 e. The van der Waals surface area contributed by atoms with E-state index in [-0.39, 0.29) is 29.3 Å². The quantitative estimate of drug-likeness (QED) is 0.313. The van der Waals surface area contributed by atoms with Crippen LogP contribution in [-0.2, 0) is 9.59 Å². The number of rotatable bonds is 6. The molecule has 1 saturated heterocycles. The number of allylic oxidation sites excluding steroid dienone is 1. The van der Waals surface area contributed by atoms with Crippen molar-refractivity contribution >= 4 is 28.9 Å². The summed E-state index contributed by atoms with van der Waals surface area (Å²) >= 11 is 0. The van der Waals surface area contributed by atoms with Gasteiger partial charge in [0.05, 0.1) is 22.4 Å². The van der Waals surface area contributed by atoms with Crippen molar-refractivity contribution in [1.82, 2.24) is 0 Å². The van der Waals surface area contributed by atoms with Gasteiger partial charge in [-0.25, -0.2) is 4.90 Å². The molecule has 0 spiro atoms. The van der Waals surface area contributed by atoms with Crippen molar-refractivity contribution in [2.45, 2.75) is 58.3 Å². The summed E-state index contributed by atoms with van der Waals surface area (Å²) in [6.07, 6.45) is 10.2. The number of nitrogens with zero attached hydrogens (tertiary/aromatic N) is 2. The number of amides is 2. The SMILES string of the molecule is C[C@@H]1CC[C@H]2C(=O)N(c3ccc(NCCC4=CCCCC4)c([N+](=O)[O-])c3)C(=O)[C@@H]2C1. The molecule has 1 N–H and O–H groups in total. The molecule has 7 nitrogen and oxygen atoms in total. The smallest absolute Gasteiger partial charge is 0.294 e. The third-order valence-electron chi connectivity index (χ3n) is 6.77. The van der Waals surface area contributed by atoms with Crippen molar-refractivity contribution in [3.8, 4) is 0 Å². The van der Waals surface area contributed by atoms with Crippen LogP contribution in [0.25, 0.3) is 0 Å². The Morgan fingerprint density at radius 2 is 1.97 bits per heavy atom. The number of hydrogen-bond donors (Lipinski definition) is 1. The Labute approximate surface area is 176 Å². The first-order valence-corrected chi connectivity index (χ1v) is 11.0. The standard InChI is InChI=1S/C23H29N3O4/c1-15-7-9-18-19(13-15)23(28)25(22(18)27)17-8-10-20(21(14-17)26(29)30)24-12-11-16-5-3-2-4-6-16/h5,8,10,14-15,18-19,24H,2-4,6-7,9,11-13H2,1H3/t15-,18-,19-/m1/s1. The van der Waals surface area contributed by atoms with E-state index in [1.165, 1.54) is 29.4 Å². The third-order valence-corrected chi connectivity index (χ3v) is 6.77. The third kappa shape index (κ3) is 3.98. The molecule has 0 bridgehead atoms. The fourth-order valence-electron chi connectivity index (χ4n) is 5.09. The van der Waals surface area contributed by atoms with Gasteiger partial charge in [0.15, 0.2) is 0 Å². The number of benzene rings is 1. The van der Waals surface area contributed by atoms with Gasteiger partial charge in [0.25, 0.3) is 5.69 Å². The summed E-state index contributed by atoms with van der Waals surface area (Å²) in [5, 5.41) is 14.8. The molecule has 4 rings (SSSR count). The van der Waals surface area contributed by atoms with Crippen LogP contribution in [0.5, 0.6) is 0 Å². The second-order valence-electron chi connectivity index (χ2n) is 8.89. The van der Waals surface area contributed by atoms with Gasteiger partial charge in [0.1, 0.15) is 5.69 Å². The highest BCUT2D eigenvalue weighted by atomic mass is 16.6. The van der Waals surface area contributed by atoms with E-state index in [0.29, 0.717) is 36.7 Å². The summed E-state index contributed by atoms with van der Waals surface area (Å²) in [6.45, 7) is 2.72. The number of hydrogen-bond acceptors (Lipinski definition) is 5. The Balaban J connectivity index is 1.51. The van der Waals surface area contributed by atoms with E-state index in [0.717, 1.165) is 25.7 Å². The van der Waals surface area contributed by atoms with Gasteiger partial charge in [-0.3, -0.25) is 19.7 Å². The van der Waals surface area contributed by atoms with E-state index in [1.54, 1.807) is 12.1 Å². The summed E-state index contributed by atoms with van der Waals surface area (Å²) < 4.78 is 0. The molecule has 0 radical (unpaired) electrons. The molecule has 1 aromatic rings. The highest BCUT2D eigenvalue weighted by Gasteiger charge is 2.50. The zero-order valence-corrected chi connectivity index (χ0v) is 17.4. The van der Waals surface area contributed by atoms with Crippen LogP contribution in [0, 0.1) is 27.9 Å². The van der Waals surface area contributed by atoms with Crippen LogP contribution >= 0.6 is 0 Å². The number of carbonyl (C=O) groups is 2. The zero-order valence-electron chi connectivity index (χ0n) is 17.4. The molecule has 2 fully saturated rings. The maximum atomic E-state index is 12.9. The molecule has 160 valence electrons. The van der Waals surface area contributed by atoms with Gasteiger partial charge in [0, 0.05) is 12.6 Å². The fraction of sp³-hybridized carbons (Fsp3) is 0.565. The number of nitrogens with one attached hydrogen (secondary N) is 1. The summed E-state index contributed by atoms with van der Waals surface area (Å²) in [4.78, 5) is 38.2. The van der Waals surface area contributed by atoms with Crippen molar-refractivity contribution in [2.75, 3.05) is 16.8 Å². The van der Waals surface area contributed by atoms with Crippen LogP contribution in [-0.4, -0.2) is 23.3 Å². The first-order valence-electron chi connectivity index (χ1n) is 11.0. The molecule has 7 heteroatoms. The lowest BCUT2D eigenvalue weighted by molar-refractivity contribution is -0.383. The van der Waals surface area contributed by atoms with E-state index < -0.39 is 4.92 Å². The average Bonchev–Trinajstić information content (AvgIpc) is 2.98. The van der Waals surface area contributed by atoms with Crippen LogP contribution in [0.2, 0.25) is 0 Å². The average molecular weight is 412 g/mol. The lowest BCUT2D eigenvalue weighted by Crippen LogP contribution is -2.31. The Morgan fingerprint density at radius 3 is 2.70 bits per heavy atom. The van der Waals surface area contributed by atoms with Crippen molar-refractivity contribution in [2.24, 2.45) is 17.8 Å². The van der Waals surface area contributed by atoms with Gasteiger partial charge >= 0.3 is 0 Å². The molecule has 2 amide bonds. The highest BCUT2D eigenvalue weighted by Crippen LogP contribution is 2.43. The predicted octanol–water partition coefficient (Wildman–Crippen LogP) is 4.82. The summed E-state index contributed by atoms with van der Waals surface area (Å²) in [5.41, 5.74) is 2.02. The van der Waals surface area contributed by atoms with E-state index in [2.05, 4.69) is 18.3 Å². The van der Waals surface area contributed by atoms with Crippen molar-refractivity contribution < 1.29 is 14.5 Å². The summed E-state index contributed by atoms with van der Waals surface area (Å²) in [5.74, 6) is -0.578. The minimum atomic E-state index is -0.453. The van der Waals surface area contributed by atoms with E-state index in [1.807, 2.05) is 0 Å². The van der Waals surface area contributed by atoms with E-state index >= 15 is 0 Å². The topological polar surface area (TPSA) is 92.6 Å². The van der Waals surface area contributed by atoms with Gasteiger partial charge in [-0.1, -0.05) is 18.6 Å². The molecule has 30 heavy (non-hydrogen) atoms.